The van der Waals surface area contributed by atoms with Gasteiger partial charge in [0.05, 0.1) is 11.1 Å². The lowest BCUT2D eigenvalue weighted by atomic mass is 10.0. The number of alkyl halides is 3. The van der Waals surface area contributed by atoms with Crippen molar-refractivity contribution < 1.29 is 32.3 Å². The van der Waals surface area contributed by atoms with Gasteiger partial charge in [-0.1, -0.05) is 12.1 Å². The fraction of sp³-hybridized carbons (Fsp3) is 0.444. The maximum atomic E-state index is 12.9. The van der Waals surface area contributed by atoms with Crippen molar-refractivity contribution in [2.45, 2.75) is 44.1 Å². The minimum absolute atomic E-state index is 0.0116. The van der Waals surface area contributed by atoms with E-state index >= 15 is 0 Å². The first-order valence-corrected chi connectivity index (χ1v) is 8.97. The number of carbonyl (C=O) groups excluding carboxylic acids is 4. The van der Waals surface area contributed by atoms with E-state index in [-0.39, 0.29) is 43.5 Å². The van der Waals surface area contributed by atoms with Crippen LogP contribution in [0, 0.1) is 0 Å². The minimum Gasteiger partial charge on any atom is -0.320 e. The van der Waals surface area contributed by atoms with Crippen molar-refractivity contribution in [3.63, 3.8) is 0 Å². The summed E-state index contributed by atoms with van der Waals surface area (Å²) in [6.45, 7) is 0.0132. The van der Waals surface area contributed by atoms with Crippen LogP contribution in [-0.2, 0) is 16.1 Å². The lowest BCUT2D eigenvalue weighted by molar-refractivity contribution is -0.148. The summed E-state index contributed by atoms with van der Waals surface area (Å²) < 4.78 is 37.4. The summed E-state index contributed by atoms with van der Waals surface area (Å²) in [5.74, 6) is -2.48. The number of benzene rings is 1. The van der Waals surface area contributed by atoms with Crippen molar-refractivity contribution in [1.82, 2.24) is 15.5 Å². The Morgan fingerprint density at radius 1 is 1.21 bits per heavy atom. The SMILES string of the molecule is NC(CCNCc1cccc2c1C(=O)N(C1CCC(=O)NC1=O)C2=O)C(F)(F)F. The third kappa shape index (κ3) is 4.15. The maximum absolute atomic E-state index is 12.9. The molecule has 4 N–H and O–H groups in total. The molecule has 1 aromatic carbocycles. The Labute approximate surface area is 163 Å². The number of fused-ring (bicyclic) bond motifs is 1. The topological polar surface area (TPSA) is 122 Å². The normalized spacial score (nSPS) is 20.7. The quantitative estimate of drug-likeness (QED) is 0.461. The third-order valence-corrected chi connectivity index (χ3v) is 4.92. The maximum Gasteiger partial charge on any atom is 0.403 e. The molecule has 2 heterocycles. The first kappa shape index (κ1) is 20.9. The van der Waals surface area contributed by atoms with Gasteiger partial charge in [-0.05, 0) is 31.0 Å². The molecule has 29 heavy (non-hydrogen) atoms. The molecule has 1 aromatic rings. The third-order valence-electron chi connectivity index (χ3n) is 4.92. The second-order valence-electron chi connectivity index (χ2n) is 6.90. The van der Waals surface area contributed by atoms with Crippen LogP contribution in [0.3, 0.4) is 0 Å². The predicted octanol–water partition coefficient (Wildman–Crippen LogP) is 0.457. The molecular weight excluding hydrogens is 393 g/mol. The Bertz CT molecular complexity index is 871. The molecule has 8 nitrogen and oxygen atoms in total. The molecule has 0 aliphatic carbocycles. The lowest BCUT2D eigenvalue weighted by Crippen LogP contribution is -2.54. The van der Waals surface area contributed by atoms with Crippen LogP contribution >= 0.6 is 0 Å². The second-order valence-corrected chi connectivity index (χ2v) is 6.90. The Hall–Kier alpha value is -2.79. The first-order valence-electron chi connectivity index (χ1n) is 8.97. The van der Waals surface area contributed by atoms with Gasteiger partial charge in [-0.2, -0.15) is 13.2 Å². The molecular formula is C18H19F3N4O4. The van der Waals surface area contributed by atoms with Gasteiger partial charge in [-0.3, -0.25) is 29.4 Å². The van der Waals surface area contributed by atoms with Crippen molar-refractivity contribution in [2.75, 3.05) is 6.54 Å². The Kier molecular flexibility index (Phi) is 5.71. The van der Waals surface area contributed by atoms with E-state index in [9.17, 15) is 32.3 Å². The largest absolute Gasteiger partial charge is 0.403 e. The van der Waals surface area contributed by atoms with Crippen LogP contribution in [0.15, 0.2) is 18.2 Å². The molecule has 2 aliphatic heterocycles. The van der Waals surface area contributed by atoms with E-state index in [1.165, 1.54) is 6.07 Å². The summed E-state index contributed by atoms with van der Waals surface area (Å²) in [5, 5.41) is 4.91. The van der Waals surface area contributed by atoms with Gasteiger partial charge < -0.3 is 11.1 Å². The van der Waals surface area contributed by atoms with Crippen molar-refractivity contribution >= 4 is 23.6 Å². The van der Waals surface area contributed by atoms with Gasteiger partial charge in [0.1, 0.15) is 12.1 Å². The van der Waals surface area contributed by atoms with E-state index in [0.29, 0.717) is 5.56 Å². The molecule has 2 atom stereocenters. The minimum atomic E-state index is -4.49. The van der Waals surface area contributed by atoms with Crippen molar-refractivity contribution in [2.24, 2.45) is 5.73 Å². The molecule has 156 valence electrons. The molecule has 2 unspecified atom stereocenters. The predicted molar refractivity (Wildman–Crippen MR) is 93.5 cm³/mol. The molecule has 3 rings (SSSR count). The molecule has 1 saturated heterocycles. The number of nitrogens with two attached hydrogens (primary N) is 1. The molecule has 4 amide bonds. The van der Waals surface area contributed by atoms with Crippen molar-refractivity contribution in [3.8, 4) is 0 Å². The van der Waals surface area contributed by atoms with Gasteiger partial charge >= 0.3 is 6.18 Å². The van der Waals surface area contributed by atoms with Crippen LogP contribution in [0.5, 0.6) is 0 Å². The van der Waals surface area contributed by atoms with Crippen molar-refractivity contribution in [1.29, 1.82) is 0 Å². The summed E-state index contributed by atoms with van der Waals surface area (Å²) in [4.78, 5) is 49.8. The molecule has 0 aromatic heterocycles. The zero-order chi connectivity index (χ0) is 21.3. The van der Waals surface area contributed by atoms with E-state index in [0.717, 1.165) is 4.90 Å². The first-order chi connectivity index (χ1) is 13.6. The molecule has 0 spiro atoms. The van der Waals surface area contributed by atoms with Crippen LogP contribution in [0.1, 0.15) is 45.5 Å². The van der Waals surface area contributed by atoms with Crippen LogP contribution in [0.25, 0.3) is 0 Å². The van der Waals surface area contributed by atoms with Crippen LogP contribution in [0.2, 0.25) is 0 Å². The van der Waals surface area contributed by atoms with Gasteiger partial charge in [-0.15, -0.1) is 0 Å². The molecule has 2 aliphatic rings. The molecule has 1 fully saturated rings. The summed E-state index contributed by atoms with van der Waals surface area (Å²) in [5.41, 5.74) is 5.70. The van der Waals surface area contributed by atoms with Gasteiger partial charge in [-0.25, -0.2) is 0 Å². The van der Waals surface area contributed by atoms with Gasteiger partial charge in [0, 0.05) is 13.0 Å². The van der Waals surface area contributed by atoms with Crippen molar-refractivity contribution in [3.05, 3.63) is 34.9 Å². The average Bonchev–Trinajstić information content (AvgIpc) is 2.90. The fourth-order valence-corrected chi connectivity index (χ4v) is 3.38. The van der Waals surface area contributed by atoms with Gasteiger partial charge in [0.25, 0.3) is 11.8 Å². The number of halogens is 3. The fourth-order valence-electron chi connectivity index (χ4n) is 3.38. The molecule has 0 radical (unpaired) electrons. The van der Waals surface area contributed by atoms with E-state index in [1.54, 1.807) is 12.1 Å². The number of nitrogens with zero attached hydrogens (tertiary/aromatic N) is 1. The van der Waals surface area contributed by atoms with Crippen LogP contribution < -0.4 is 16.4 Å². The van der Waals surface area contributed by atoms with Gasteiger partial charge in [0.2, 0.25) is 11.8 Å². The lowest BCUT2D eigenvalue weighted by Gasteiger charge is -2.27. The zero-order valence-electron chi connectivity index (χ0n) is 15.2. The average molecular weight is 412 g/mol. The highest BCUT2D eigenvalue weighted by Crippen LogP contribution is 2.30. The van der Waals surface area contributed by atoms with E-state index in [2.05, 4.69) is 10.6 Å². The summed E-state index contributed by atoms with van der Waals surface area (Å²) in [7, 11) is 0. The smallest absolute Gasteiger partial charge is 0.320 e. The monoisotopic (exact) mass is 412 g/mol. The van der Waals surface area contributed by atoms with E-state index in [4.69, 9.17) is 5.73 Å². The number of piperidine rings is 1. The Morgan fingerprint density at radius 3 is 2.59 bits per heavy atom. The number of amides is 4. The summed E-state index contributed by atoms with van der Waals surface area (Å²) >= 11 is 0. The zero-order valence-corrected chi connectivity index (χ0v) is 15.2. The van der Waals surface area contributed by atoms with Gasteiger partial charge in [0.15, 0.2) is 0 Å². The number of imide groups is 2. The standard InChI is InChI=1S/C18H19F3N4O4/c19-18(20,21)12(22)6-7-23-8-9-2-1-3-10-14(9)17(29)25(16(10)28)11-4-5-13(26)24-15(11)27/h1-3,11-12,23H,4-8,22H2,(H,24,26,27). The number of hydrogen-bond acceptors (Lipinski definition) is 6. The highest BCUT2D eigenvalue weighted by Gasteiger charge is 2.45. The summed E-state index contributed by atoms with van der Waals surface area (Å²) in [6.07, 6.45) is -4.77. The highest BCUT2D eigenvalue weighted by molar-refractivity contribution is 6.24. The highest BCUT2D eigenvalue weighted by atomic mass is 19.4. The number of hydrogen-bond donors (Lipinski definition) is 3. The Balaban J connectivity index is 1.72. The van der Waals surface area contributed by atoms with Crippen LogP contribution in [0.4, 0.5) is 13.2 Å². The Morgan fingerprint density at radius 2 is 1.93 bits per heavy atom. The number of nitrogens with one attached hydrogen (secondary N) is 2. The second kappa shape index (κ2) is 7.91. The molecule has 0 saturated carbocycles. The van der Waals surface area contributed by atoms with Crippen LogP contribution in [-0.4, -0.2) is 53.3 Å². The molecule has 11 heteroatoms. The summed E-state index contributed by atoms with van der Waals surface area (Å²) in [6, 6.07) is 1.55. The number of carbonyl (C=O) groups is 4. The van der Waals surface area contributed by atoms with E-state index in [1.807, 2.05) is 0 Å². The van der Waals surface area contributed by atoms with E-state index < -0.39 is 41.9 Å². The number of rotatable bonds is 6. The molecule has 0 bridgehead atoms.